The number of hydrogen-bond acceptors (Lipinski definition) is 3. The van der Waals surface area contributed by atoms with Crippen LogP contribution in [0.1, 0.15) is 33.1 Å². The SMILES string of the molecule is CCC(N)(CC)C(=O)N1CCC(O)C1. The van der Waals surface area contributed by atoms with Crippen molar-refractivity contribution in [1.82, 2.24) is 4.90 Å². The largest absolute Gasteiger partial charge is 0.391 e. The zero-order valence-electron chi connectivity index (χ0n) is 8.99. The summed E-state index contributed by atoms with van der Waals surface area (Å²) in [6.07, 6.45) is 1.61. The third-order valence-electron chi connectivity index (χ3n) is 3.14. The Balaban J connectivity index is 2.64. The highest BCUT2D eigenvalue weighted by atomic mass is 16.3. The maximum Gasteiger partial charge on any atom is 0.242 e. The second kappa shape index (κ2) is 4.28. The molecule has 1 fully saturated rings. The monoisotopic (exact) mass is 200 g/mol. The van der Waals surface area contributed by atoms with Crippen molar-refractivity contribution in [3.05, 3.63) is 0 Å². The Labute approximate surface area is 85.1 Å². The van der Waals surface area contributed by atoms with Crippen molar-refractivity contribution in [2.45, 2.75) is 44.8 Å². The second-order valence-corrected chi connectivity index (χ2v) is 4.06. The van der Waals surface area contributed by atoms with Crippen molar-refractivity contribution >= 4 is 5.91 Å². The molecule has 3 N–H and O–H groups in total. The van der Waals surface area contributed by atoms with E-state index in [-0.39, 0.29) is 12.0 Å². The lowest BCUT2D eigenvalue weighted by atomic mass is 9.92. The smallest absolute Gasteiger partial charge is 0.242 e. The summed E-state index contributed by atoms with van der Waals surface area (Å²) in [6, 6.07) is 0. The van der Waals surface area contributed by atoms with E-state index in [4.69, 9.17) is 5.73 Å². The highest BCUT2D eigenvalue weighted by Crippen LogP contribution is 2.19. The molecule has 0 aromatic heterocycles. The molecule has 0 radical (unpaired) electrons. The van der Waals surface area contributed by atoms with Gasteiger partial charge in [-0.05, 0) is 19.3 Å². The molecular weight excluding hydrogens is 180 g/mol. The summed E-state index contributed by atoms with van der Waals surface area (Å²) in [7, 11) is 0. The standard InChI is InChI=1S/C10H20N2O2/c1-3-10(11,4-2)9(14)12-6-5-8(13)7-12/h8,13H,3-7,11H2,1-2H3. The molecule has 14 heavy (non-hydrogen) atoms. The molecule has 4 heteroatoms. The Hall–Kier alpha value is -0.610. The van der Waals surface area contributed by atoms with E-state index in [1.165, 1.54) is 0 Å². The van der Waals surface area contributed by atoms with Gasteiger partial charge in [-0.3, -0.25) is 4.79 Å². The van der Waals surface area contributed by atoms with Gasteiger partial charge < -0.3 is 15.7 Å². The lowest BCUT2D eigenvalue weighted by Crippen LogP contribution is -2.54. The maximum atomic E-state index is 12.0. The van der Waals surface area contributed by atoms with Gasteiger partial charge in [0, 0.05) is 13.1 Å². The third-order valence-corrected chi connectivity index (χ3v) is 3.14. The molecule has 4 nitrogen and oxygen atoms in total. The number of amides is 1. The van der Waals surface area contributed by atoms with Crippen molar-refractivity contribution in [3.8, 4) is 0 Å². The van der Waals surface area contributed by atoms with Crippen LogP contribution in [0, 0.1) is 0 Å². The quantitative estimate of drug-likeness (QED) is 0.679. The van der Waals surface area contributed by atoms with Gasteiger partial charge in [0.05, 0.1) is 11.6 Å². The molecular formula is C10H20N2O2. The molecule has 0 aromatic rings. The van der Waals surface area contributed by atoms with E-state index in [0.29, 0.717) is 32.4 Å². The molecule has 1 amide bonds. The molecule has 0 saturated carbocycles. The number of β-amino-alcohol motifs (C(OH)–C–C–N with tert-alkyl or cyclic N) is 1. The average Bonchev–Trinajstić information content (AvgIpc) is 2.62. The lowest BCUT2D eigenvalue weighted by Gasteiger charge is -2.30. The molecule has 0 spiro atoms. The first-order chi connectivity index (χ1) is 6.53. The summed E-state index contributed by atoms with van der Waals surface area (Å²) in [4.78, 5) is 13.6. The molecule has 1 unspecified atom stereocenters. The van der Waals surface area contributed by atoms with Crippen LogP contribution in [0.15, 0.2) is 0 Å². The summed E-state index contributed by atoms with van der Waals surface area (Å²) in [6.45, 7) is 4.93. The molecule has 1 aliphatic rings. The minimum Gasteiger partial charge on any atom is -0.391 e. The van der Waals surface area contributed by atoms with Crippen molar-refractivity contribution < 1.29 is 9.90 Å². The minimum absolute atomic E-state index is 0.0148. The van der Waals surface area contributed by atoms with E-state index >= 15 is 0 Å². The number of aliphatic hydroxyl groups is 1. The van der Waals surface area contributed by atoms with E-state index in [9.17, 15) is 9.90 Å². The summed E-state index contributed by atoms with van der Waals surface area (Å²) in [5.41, 5.74) is 5.26. The third kappa shape index (κ3) is 2.07. The van der Waals surface area contributed by atoms with Crippen LogP contribution in [-0.4, -0.2) is 40.6 Å². The van der Waals surface area contributed by atoms with Crippen LogP contribution in [0.4, 0.5) is 0 Å². The summed E-state index contributed by atoms with van der Waals surface area (Å²) in [5.74, 6) is -0.0148. The van der Waals surface area contributed by atoms with Gasteiger partial charge in [0.1, 0.15) is 0 Å². The molecule has 1 rings (SSSR count). The normalized spacial score (nSPS) is 22.9. The van der Waals surface area contributed by atoms with Crippen LogP contribution in [0.2, 0.25) is 0 Å². The molecule has 82 valence electrons. The number of nitrogens with zero attached hydrogens (tertiary/aromatic N) is 1. The zero-order chi connectivity index (χ0) is 10.8. The maximum absolute atomic E-state index is 12.0. The van der Waals surface area contributed by atoms with Gasteiger partial charge in [-0.2, -0.15) is 0 Å². The molecule has 1 aliphatic heterocycles. The first-order valence-electron chi connectivity index (χ1n) is 5.29. The molecule has 1 atom stereocenters. The number of rotatable bonds is 3. The fourth-order valence-electron chi connectivity index (χ4n) is 1.79. The molecule has 0 aliphatic carbocycles. The van der Waals surface area contributed by atoms with Gasteiger partial charge in [0.2, 0.25) is 5.91 Å². The first-order valence-corrected chi connectivity index (χ1v) is 5.29. The Morgan fingerprint density at radius 1 is 1.57 bits per heavy atom. The first kappa shape index (κ1) is 11.5. The van der Waals surface area contributed by atoms with Crippen LogP contribution in [0.5, 0.6) is 0 Å². The Morgan fingerprint density at radius 3 is 2.50 bits per heavy atom. The topological polar surface area (TPSA) is 66.6 Å². The van der Waals surface area contributed by atoms with E-state index in [0.717, 1.165) is 0 Å². The van der Waals surface area contributed by atoms with Crippen LogP contribution < -0.4 is 5.73 Å². The number of hydrogen-bond donors (Lipinski definition) is 2. The lowest BCUT2D eigenvalue weighted by molar-refractivity contribution is -0.136. The zero-order valence-corrected chi connectivity index (χ0v) is 8.99. The molecule has 1 saturated heterocycles. The van der Waals surface area contributed by atoms with Crippen molar-refractivity contribution in [1.29, 1.82) is 0 Å². The van der Waals surface area contributed by atoms with E-state index in [1.807, 2.05) is 13.8 Å². The van der Waals surface area contributed by atoms with Gasteiger partial charge >= 0.3 is 0 Å². The number of carbonyl (C=O) groups is 1. The average molecular weight is 200 g/mol. The van der Waals surface area contributed by atoms with Crippen LogP contribution >= 0.6 is 0 Å². The highest BCUT2D eigenvalue weighted by Gasteiger charge is 2.36. The second-order valence-electron chi connectivity index (χ2n) is 4.06. The van der Waals surface area contributed by atoms with Crippen molar-refractivity contribution in [2.75, 3.05) is 13.1 Å². The van der Waals surface area contributed by atoms with Crippen LogP contribution in [0.25, 0.3) is 0 Å². The molecule has 0 aromatic carbocycles. The fourth-order valence-corrected chi connectivity index (χ4v) is 1.79. The molecule has 1 heterocycles. The van der Waals surface area contributed by atoms with Gasteiger partial charge in [-0.1, -0.05) is 13.8 Å². The molecule has 0 bridgehead atoms. The number of carbonyl (C=O) groups excluding carboxylic acids is 1. The summed E-state index contributed by atoms with van der Waals surface area (Å²) >= 11 is 0. The minimum atomic E-state index is -0.732. The number of nitrogens with two attached hydrogens (primary N) is 1. The van der Waals surface area contributed by atoms with Crippen molar-refractivity contribution in [2.24, 2.45) is 5.73 Å². The summed E-state index contributed by atoms with van der Waals surface area (Å²) in [5, 5.41) is 9.32. The van der Waals surface area contributed by atoms with Crippen LogP contribution in [0.3, 0.4) is 0 Å². The van der Waals surface area contributed by atoms with E-state index in [1.54, 1.807) is 4.90 Å². The predicted molar refractivity (Wildman–Crippen MR) is 54.7 cm³/mol. The van der Waals surface area contributed by atoms with Gasteiger partial charge in [0.15, 0.2) is 0 Å². The Kier molecular flexibility index (Phi) is 3.50. The Bertz CT molecular complexity index is 214. The van der Waals surface area contributed by atoms with Gasteiger partial charge in [0.25, 0.3) is 0 Å². The van der Waals surface area contributed by atoms with Gasteiger partial charge in [-0.15, -0.1) is 0 Å². The van der Waals surface area contributed by atoms with E-state index in [2.05, 4.69) is 0 Å². The summed E-state index contributed by atoms with van der Waals surface area (Å²) < 4.78 is 0. The predicted octanol–water partition coefficient (Wildman–Crippen LogP) is 0.0971. The fraction of sp³-hybridized carbons (Fsp3) is 0.900. The number of aliphatic hydroxyl groups excluding tert-OH is 1. The van der Waals surface area contributed by atoms with Gasteiger partial charge in [-0.25, -0.2) is 0 Å². The van der Waals surface area contributed by atoms with E-state index < -0.39 is 5.54 Å². The van der Waals surface area contributed by atoms with Crippen LogP contribution in [-0.2, 0) is 4.79 Å². The number of likely N-dealkylation sites (tertiary alicyclic amines) is 1. The highest BCUT2D eigenvalue weighted by molar-refractivity contribution is 5.86. The Morgan fingerprint density at radius 2 is 2.14 bits per heavy atom. The van der Waals surface area contributed by atoms with Crippen molar-refractivity contribution in [3.63, 3.8) is 0 Å².